The minimum Gasteiger partial charge on any atom is -0.268 e. The highest BCUT2D eigenvalue weighted by Gasteiger charge is 2.22. The van der Waals surface area contributed by atoms with Gasteiger partial charge in [0.2, 0.25) is 0 Å². The van der Waals surface area contributed by atoms with Crippen LogP contribution >= 0.6 is 15.9 Å². The van der Waals surface area contributed by atoms with Gasteiger partial charge in [0.25, 0.3) is 11.6 Å². The van der Waals surface area contributed by atoms with Crippen LogP contribution in [0.2, 0.25) is 0 Å². The minimum absolute atomic E-state index is 0.0973. The molecular weight excluding hydrogens is 362 g/mol. The van der Waals surface area contributed by atoms with Gasteiger partial charge in [-0.1, -0.05) is 24.3 Å². The summed E-state index contributed by atoms with van der Waals surface area (Å²) in [7, 11) is 0. The van der Waals surface area contributed by atoms with Crippen molar-refractivity contribution in [1.82, 2.24) is 9.55 Å². The molecule has 3 aromatic rings. The van der Waals surface area contributed by atoms with E-state index in [2.05, 4.69) is 20.9 Å². The van der Waals surface area contributed by atoms with E-state index in [1.54, 1.807) is 42.5 Å². The van der Waals surface area contributed by atoms with Crippen molar-refractivity contribution in [3.8, 4) is 11.4 Å². The van der Waals surface area contributed by atoms with E-state index >= 15 is 0 Å². The molecule has 0 fully saturated rings. The lowest BCUT2D eigenvalue weighted by atomic mass is 10.1. The highest BCUT2D eigenvalue weighted by atomic mass is 79.9. The molecule has 3 rings (SSSR count). The van der Waals surface area contributed by atoms with Crippen LogP contribution < -0.4 is 0 Å². The molecule has 0 aliphatic carbocycles. The number of carbonyl (C=O) groups is 1. The fraction of sp³-hybridized carbons (Fsp3) is 0. The van der Waals surface area contributed by atoms with Crippen LogP contribution in [0.1, 0.15) is 10.4 Å². The van der Waals surface area contributed by atoms with E-state index in [0.29, 0.717) is 15.6 Å². The average Bonchev–Trinajstić information content (AvgIpc) is 3.04. The molecule has 114 valence electrons. The molecule has 1 heterocycles. The first-order valence-electron chi connectivity index (χ1n) is 6.66. The molecule has 1 aromatic heterocycles. The van der Waals surface area contributed by atoms with Crippen molar-refractivity contribution >= 4 is 27.5 Å². The van der Waals surface area contributed by atoms with Crippen molar-refractivity contribution in [2.45, 2.75) is 0 Å². The lowest BCUT2D eigenvalue weighted by Crippen LogP contribution is -2.13. The lowest BCUT2D eigenvalue weighted by Gasteiger charge is -2.08. The van der Waals surface area contributed by atoms with Crippen LogP contribution in [0.25, 0.3) is 11.4 Å². The van der Waals surface area contributed by atoms with E-state index in [9.17, 15) is 14.9 Å². The van der Waals surface area contributed by atoms with Crippen LogP contribution in [0, 0.1) is 10.1 Å². The summed E-state index contributed by atoms with van der Waals surface area (Å²) in [5.41, 5.74) is 0.646. The van der Waals surface area contributed by atoms with E-state index in [-0.39, 0.29) is 17.4 Å². The Morgan fingerprint density at radius 1 is 1.13 bits per heavy atom. The number of para-hydroxylation sites is 1. The zero-order valence-corrected chi connectivity index (χ0v) is 13.3. The molecular formula is C16H10BrN3O3. The summed E-state index contributed by atoms with van der Waals surface area (Å²) in [5, 5.41) is 11.2. The Hall–Kier alpha value is -2.80. The van der Waals surface area contributed by atoms with Crippen molar-refractivity contribution in [2.75, 3.05) is 0 Å². The number of carbonyl (C=O) groups excluding carboxylic acids is 1. The van der Waals surface area contributed by atoms with Gasteiger partial charge in [0.15, 0.2) is 5.82 Å². The van der Waals surface area contributed by atoms with Crippen molar-refractivity contribution in [2.24, 2.45) is 0 Å². The molecule has 0 aliphatic rings. The summed E-state index contributed by atoms with van der Waals surface area (Å²) in [5.74, 6) is -0.0822. The third kappa shape index (κ3) is 2.78. The van der Waals surface area contributed by atoms with Gasteiger partial charge in [-0.3, -0.25) is 19.5 Å². The second-order valence-corrected chi connectivity index (χ2v) is 5.53. The molecule has 0 saturated heterocycles. The quantitative estimate of drug-likeness (QED) is 0.516. The van der Waals surface area contributed by atoms with Crippen molar-refractivity contribution < 1.29 is 9.72 Å². The van der Waals surface area contributed by atoms with E-state index in [4.69, 9.17) is 0 Å². The monoisotopic (exact) mass is 371 g/mol. The van der Waals surface area contributed by atoms with Gasteiger partial charge in [0.05, 0.1) is 16.1 Å². The maximum Gasteiger partial charge on any atom is 0.280 e. The van der Waals surface area contributed by atoms with Gasteiger partial charge >= 0.3 is 0 Å². The number of nitrogens with zero attached hydrogens (tertiary/aromatic N) is 3. The van der Waals surface area contributed by atoms with E-state index in [0.717, 1.165) is 0 Å². The number of halogens is 1. The molecule has 23 heavy (non-hydrogen) atoms. The normalized spacial score (nSPS) is 10.5. The first kappa shape index (κ1) is 15.1. The largest absolute Gasteiger partial charge is 0.280 e. The highest BCUT2D eigenvalue weighted by Crippen LogP contribution is 2.29. The molecule has 7 heteroatoms. The topological polar surface area (TPSA) is 78.0 Å². The number of aromatic nitrogens is 2. The van der Waals surface area contributed by atoms with Gasteiger partial charge in [0, 0.05) is 22.9 Å². The third-order valence-electron chi connectivity index (χ3n) is 3.31. The molecule has 0 amide bonds. The zero-order chi connectivity index (χ0) is 16.4. The minimum atomic E-state index is -0.489. The number of hydrogen-bond donors (Lipinski definition) is 0. The number of benzene rings is 2. The molecule has 0 atom stereocenters. The Bertz CT molecular complexity index is 905. The van der Waals surface area contributed by atoms with Crippen molar-refractivity contribution in [3.63, 3.8) is 0 Å². The van der Waals surface area contributed by atoms with Crippen LogP contribution in [0.5, 0.6) is 0 Å². The summed E-state index contributed by atoms with van der Waals surface area (Å²) in [6.45, 7) is 0. The predicted molar refractivity (Wildman–Crippen MR) is 88.2 cm³/mol. The highest BCUT2D eigenvalue weighted by molar-refractivity contribution is 9.10. The molecule has 0 aliphatic heterocycles. The van der Waals surface area contributed by atoms with Gasteiger partial charge < -0.3 is 0 Å². The Labute approximate surface area is 139 Å². The fourth-order valence-electron chi connectivity index (χ4n) is 2.25. The van der Waals surface area contributed by atoms with E-state index < -0.39 is 4.92 Å². The Kier molecular flexibility index (Phi) is 4.03. The molecule has 0 radical (unpaired) electrons. The summed E-state index contributed by atoms with van der Waals surface area (Å²) in [6, 6.07) is 13.2. The SMILES string of the molecule is O=C(c1ccccc1Br)n1ccnc1-c1ccccc1[N+](=O)[O-]. The van der Waals surface area contributed by atoms with Crippen LogP contribution in [0.4, 0.5) is 5.69 Å². The molecule has 2 aromatic carbocycles. The van der Waals surface area contributed by atoms with Gasteiger partial charge in [0.1, 0.15) is 0 Å². The molecule has 0 spiro atoms. The van der Waals surface area contributed by atoms with E-state index in [1.165, 1.54) is 23.0 Å². The summed E-state index contributed by atoms with van der Waals surface area (Å²) < 4.78 is 1.95. The Morgan fingerprint density at radius 3 is 2.57 bits per heavy atom. The molecule has 0 bridgehead atoms. The maximum absolute atomic E-state index is 12.7. The summed E-state index contributed by atoms with van der Waals surface area (Å²) in [6.07, 6.45) is 2.94. The van der Waals surface area contributed by atoms with Crippen molar-refractivity contribution in [3.05, 3.63) is 81.1 Å². The molecule has 0 saturated carbocycles. The number of nitro groups is 1. The number of nitro benzene ring substituents is 1. The average molecular weight is 372 g/mol. The Balaban J connectivity index is 2.13. The third-order valence-corrected chi connectivity index (χ3v) is 4.00. The smallest absolute Gasteiger partial charge is 0.268 e. The Morgan fingerprint density at radius 2 is 1.83 bits per heavy atom. The lowest BCUT2D eigenvalue weighted by molar-refractivity contribution is -0.384. The second kappa shape index (κ2) is 6.13. The van der Waals surface area contributed by atoms with E-state index in [1.807, 2.05) is 0 Å². The van der Waals surface area contributed by atoms with Crippen LogP contribution in [0.15, 0.2) is 65.4 Å². The fourth-order valence-corrected chi connectivity index (χ4v) is 2.71. The van der Waals surface area contributed by atoms with Crippen LogP contribution in [-0.2, 0) is 0 Å². The van der Waals surface area contributed by atoms with Gasteiger partial charge in [-0.05, 0) is 34.1 Å². The van der Waals surface area contributed by atoms with Gasteiger partial charge in [-0.15, -0.1) is 0 Å². The van der Waals surface area contributed by atoms with Crippen LogP contribution in [-0.4, -0.2) is 20.4 Å². The first-order valence-corrected chi connectivity index (χ1v) is 7.45. The van der Waals surface area contributed by atoms with Crippen molar-refractivity contribution in [1.29, 1.82) is 0 Å². The van der Waals surface area contributed by atoms with Gasteiger partial charge in [-0.25, -0.2) is 4.98 Å². The molecule has 0 unspecified atom stereocenters. The predicted octanol–water partition coefficient (Wildman–Crippen LogP) is 3.91. The second-order valence-electron chi connectivity index (χ2n) is 4.68. The van der Waals surface area contributed by atoms with Gasteiger partial charge in [-0.2, -0.15) is 0 Å². The van der Waals surface area contributed by atoms with Crippen LogP contribution in [0.3, 0.4) is 0 Å². The maximum atomic E-state index is 12.7. The number of rotatable bonds is 3. The summed E-state index contributed by atoms with van der Waals surface area (Å²) >= 11 is 3.34. The molecule has 6 nitrogen and oxygen atoms in total. The zero-order valence-electron chi connectivity index (χ0n) is 11.7. The first-order chi connectivity index (χ1) is 11.1. The number of hydrogen-bond acceptors (Lipinski definition) is 4. The summed E-state index contributed by atoms with van der Waals surface area (Å²) in [4.78, 5) is 27.6. The molecule has 0 N–H and O–H groups in total. The standard InChI is InChI=1S/C16H10BrN3O3/c17-13-7-3-1-5-11(13)16(21)19-10-9-18-15(19)12-6-2-4-8-14(12)20(22)23/h1-10H. The number of imidazole rings is 1.